The first-order chi connectivity index (χ1) is 4.16. The number of hydrogen-bond acceptors (Lipinski definition) is 1. The molecule has 59 valence electrons. The minimum atomic E-state index is 0. The zero-order chi connectivity index (χ0) is 7.28. The van der Waals surface area contributed by atoms with Crippen LogP contribution in [0.4, 0.5) is 0 Å². The Balaban J connectivity index is 0. The largest absolute Gasteiger partial charge is 0.342 e. The molecule has 0 fully saturated rings. The van der Waals surface area contributed by atoms with E-state index in [0.717, 1.165) is 18.9 Å². The van der Waals surface area contributed by atoms with Gasteiger partial charge in [-0.05, 0) is 19.5 Å². The summed E-state index contributed by atoms with van der Waals surface area (Å²) in [7, 11) is 2.14. The van der Waals surface area contributed by atoms with Gasteiger partial charge in [0.15, 0.2) is 0 Å². The van der Waals surface area contributed by atoms with Gasteiger partial charge in [0.1, 0.15) is 0 Å². The Kier molecular flexibility index (Phi) is 11.1. The van der Waals surface area contributed by atoms with Crippen molar-refractivity contribution in [3.05, 3.63) is 6.92 Å². The van der Waals surface area contributed by atoms with E-state index in [1.807, 2.05) is 0 Å². The molecule has 0 aromatic heterocycles. The monoisotopic (exact) mass is 217 g/mol. The Hall–Kier alpha value is 1.06. The summed E-state index contributed by atoms with van der Waals surface area (Å²) < 4.78 is 0. The zero-order valence-corrected chi connectivity index (χ0v) is 10.3. The second kappa shape index (κ2) is 8.16. The molecule has 0 spiro atoms. The fourth-order valence-electron chi connectivity index (χ4n) is 0.985. The Morgan fingerprint density at radius 3 is 2.20 bits per heavy atom. The van der Waals surface area contributed by atoms with Crippen LogP contribution < -0.4 is 0 Å². The molecule has 0 atom stereocenters. The summed E-state index contributed by atoms with van der Waals surface area (Å²) in [5, 5.41) is 0. The van der Waals surface area contributed by atoms with Crippen molar-refractivity contribution in [3.8, 4) is 0 Å². The molecule has 10 heavy (non-hydrogen) atoms. The zero-order valence-electron chi connectivity index (χ0n) is 7.43. The molecule has 0 N–H and O–H groups in total. The summed E-state index contributed by atoms with van der Waals surface area (Å²) >= 11 is 0. The van der Waals surface area contributed by atoms with E-state index >= 15 is 0 Å². The van der Waals surface area contributed by atoms with Crippen LogP contribution in [-0.2, 0) is 32.7 Å². The molecular weight excluding hydrogens is 199 g/mol. The number of rotatable bonds is 4. The van der Waals surface area contributed by atoms with E-state index in [1.54, 1.807) is 0 Å². The van der Waals surface area contributed by atoms with Crippen LogP contribution in [0.1, 0.15) is 20.3 Å². The van der Waals surface area contributed by atoms with Gasteiger partial charge in [0.25, 0.3) is 0 Å². The van der Waals surface area contributed by atoms with Gasteiger partial charge in [0.05, 0.1) is 0 Å². The summed E-state index contributed by atoms with van der Waals surface area (Å²) in [4.78, 5) is 2.32. The number of nitrogens with zero attached hydrogens (tertiary/aromatic N) is 1. The van der Waals surface area contributed by atoms with Gasteiger partial charge in [-0.1, -0.05) is 13.8 Å². The molecule has 0 heterocycles. The molecule has 0 aliphatic carbocycles. The Morgan fingerprint density at radius 2 is 1.90 bits per heavy atom. The summed E-state index contributed by atoms with van der Waals surface area (Å²) in [5.74, 6) is 0.779. The normalized spacial score (nSPS) is 10.2. The third-order valence-electron chi connectivity index (χ3n) is 1.22. The van der Waals surface area contributed by atoms with Gasteiger partial charge in [-0.15, -0.1) is 0 Å². The second-order valence-electron chi connectivity index (χ2n) is 3.01. The van der Waals surface area contributed by atoms with E-state index in [4.69, 9.17) is 0 Å². The number of hydrogen-bond donors (Lipinski definition) is 0. The average molecular weight is 217 g/mol. The van der Waals surface area contributed by atoms with Crippen LogP contribution in [0.25, 0.3) is 0 Å². The molecule has 0 saturated carbocycles. The van der Waals surface area contributed by atoms with Gasteiger partial charge in [-0.3, -0.25) is 0 Å². The molecular formula is C8H18NY-. The summed E-state index contributed by atoms with van der Waals surface area (Å²) in [6.07, 6.45) is 1.02. The first kappa shape index (κ1) is 13.6. The fourth-order valence-corrected chi connectivity index (χ4v) is 0.985. The van der Waals surface area contributed by atoms with Crippen molar-refractivity contribution < 1.29 is 32.7 Å². The molecule has 0 saturated heterocycles. The quantitative estimate of drug-likeness (QED) is 0.649. The third kappa shape index (κ3) is 9.06. The Bertz CT molecular complexity index is 64.3. The SMILES string of the molecule is [CH2-]CCN(C)CC(C)C.[Y]. The molecule has 0 aliphatic heterocycles. The van der Waals surface area contributed by atoms with Crippen LogP contribution in [0.15, 0.2) is 0 Å². The van der Waals surface area contributed by atoms with Crippen molar-refractivity contribution in [2.24, 2.45) is 5.92 Å². The maximum Gasteiger partial charge on any atom is 0.0000272 e. The molecule has 1 radical (unpaired) electrons. The molecule has 0 aliphatic rings. The fraction of sp³-hybridized carbons (Fsp3) is 0.875. The van der Waals surface area contributed by atoms with E-state index in [2.05, 4.69) is 32.7 Å². The van der Waals surface area contributed by atoms with Gasteiger partial charge >= 0.3 is 0 Å². The third-order valence-corrected chi connectivity index (χ3v) is 1.22. The predicted octanol–water partition coefficient (Wildman–Crippen LogP) is 1.80. The first-order valence-corrected chi connectivity index (χ1v) is 3.64. The maximum atomic E-state index is 3.79. The minimum absolute atomic E-state index is 0. The summed E-state index contributed by atoms with van der Waals surface area (Å²) in [6.45, 7) is 10.6. The van der Waals surface area contributed by atoms with Crippen LogP contribution in [0.3, 0.4) is 0 Å². The Labute approximate surface area is 90.4 Å². The van der Waals surface area contributed by atoms with Crippen LogP contribution in [0.2, 0.25) is 0 Å². The molecule has 0 unspecified atom stereocenters. The van der Waals surface area contributed by atoms with Crippen molar-refractivity contribution in [1.82, 2.24) is 4.90 Å². The summed E-state index contributed by atoms with van der Waals surface area (Å²) in [5.41, 5.74) is 0. The molecule has 2 heteroatoms. The van der Waals surface area contributed by atoms with E-state index in [0.29, 0.717) is 0 Å². The van der Waals surface area contributed by atoms with Gasteiger partial charge in [0, 0.05) is 39.3 Å². The molecule has 0 amide bonds. The molecule has 0 aromatic carbocycles. The smallest absolute Gasteiger partial charge is 0.0000272 e. The van der Waals surface area contributed by atoms with Crippen molar-refractivity contribution in [3.63, 3.8) is 0 Å². The minimum Gasteiger partial charge on any atom is -0.342 e. The van der Waals surface area contributed by atoms with E-state index < -0.39 is 0 Å². The maximum absolute atomic E-state index is 3.79. The first-order valence-electron chi connectivity index (χ1n) is 3.64. The topological polar surface area (TPSA) is 3.24 Å². The van der Waals surface area contributed by atoms with Gasteiger partial charge in [0.2, 0.25) is 0 Å². The van der Waals surface area contributed by atoms with E-state index in [1.165, 1.54) is 6.54 Å². The van der Waals surface area contributed by atoms with Crippen molar-refractivity contribution in [1.29, 1.82) is 0 Å². The van der Waals surface area contributed by atoms with Crippen LogP contribution in [0, 0.1) is 12.8 Å². The van der Waals surface area contributed by atoms with Crippen LogP contribution in [-0.4, -0.2) is 25.0 Å². The molecule has 1 nitrogen and oxygen atoms in total. The predicted molar refractivity (Wildman–Crippen MR) is 42.3 cm³/mol. The van der Waals surface area contributed by atoms with Crippen LogP contribution >= 0.6 is 0 Å². The second-order valence-corrected chi connectivity index (χ2v) is 3.01. The van der Waals surface area contributed by atoms with Gasteiger partial charge in [-0.25, -0.2) is 0 Å². The van der Waals surface area contributed by atoms with Gasteiger partial charge < -0.3 is 11.8 Å². The van der Waals surface area contributed by atoms with Crippen molar-refractivity contribution >= 4 is 0 Å². The summed E-state index contributed by atoms with van der Waals surface area (Å²) in [6, 6.07) is 0. The van der Waals surface area contributed by atoms with E-state index in [9.17, 15) is 0 Å². The van der Waals surface area contributed by atoms with E-state index in [-0.39, 0.29) is 32.7 Å². The van der Waals surface area contributed by atoms with Crippen molar-refractivity contribution in [2.45, 2.75) is 20.3 Å². The standard InChI is InChI=1S/C8H18N.Y/c1-5-6-9(4)7-8(2)3;/h8H,1,5-7H2,2-4H3;/q-1;. The van der Waals surface area contributed by atoms with Crippen molar-refractivity contribution in [2.75, 3.05) is 20.1 Å². The van der Waals surface area contributed by atoms with Gasteiger partial charge in [-0.2, -0.15) is 6.42 Å². The molecule has 0 aromatic rings. The van der Waals surface area contributed by atoms with Crippen LogP contribution in [0.5, 0.6) is 0 Å². The molecule has 0 rings (SSSR count). The molecule has 0 bridgehead atoms. The average Bonchev–Trinajstić information content (AvgIpc) is 1.63. The Morgan fingerprint density at radius 1 is 1.40 bits per heavy atom.